The molecule has 2 heterocycles. The number of carbonyl (C=O) groups excluding carboxylic acids is 2. The molecule has 0 bridgehead atoms. The van der Waals surface area contributed by atoms with E-state index in [2.05, 4.69) is 17.4 Å². The molecular formula is C25H30N2O4. The van der Waals surface area contributed by atoms with Crippen molar-refractivity contribution in [3.8, 4) is 5.75 Å². The zero-order valence-corrected chi connectivity index (χ0v) is 18.1. The van der Waals surface area contributed by atoms with Gasteiger partial charge < -0.3 is 19.7 Å². The van der Waals surface area contributed by atoms with Crippen LogP contribution in [0, 0.1) is 0 Å². The summed E-state index contributed by atoms with van der Waals surface area (Å²) in [6, 6.07) is 15.5. The zero-order valence-electron chi connectivity index (χ0n) is 18.1. The second kappa shape index (κ2) is 9.52. The summed E-state index contributed by atoms with van der Waals surface area (Å²) >= 11 is 0. The van der Waals surface area contributed by atoms with Crippen LogP contribution in [0.2, 0.25) is 0 Å². The smallest absolute Gasteiger partial charge is 0.253 e. The van der Waals surface area contributed by atoms with Gasteiger partial charge >= 0.3 is 0 Å². The van der Waals surface area contributed by atoms with Gasteiger partial charge in [0.05, 0.1) is 17.9 Å². The number of anilines is 1. The fourth-order valence-electron chi connectivity index (χ4n) is 4.55. The van der Waals surface area contributed by atoms with Crippen LogP contribution in [-0.4, -0.2) is 44.7 Å². The van der Waals surface area contributed by atoms with E-state index in [1.54, 1.807) is 11.0 Å². The minimum Gasteiger partial charge on any atom is -0.494 e. The Morgan fingerprint density at radius 1 is 1.13 bits per heavy atom. The lowest BCUT2D eigenvalue weighted by Gasteiger charge is -2.38. The molecule has 2 aliphatic heterocycles. The number of nitrogens with one attached hydrogen (secondary N) is 1. The molecule has 1 N–H and O–H groups in total. The number of carbonyl (C=O) groups is 2. The van der Waals surface area contributed by atoms with E-state index in [1.807, 2.05) is 37.3 Å². The zero-order chi connectivity index (χ0) is 21.7. The van der Waals surface area contributed by atoms with Crippen molar-refractivity contribution in [2.24, 2.45) is 0 Å². The normalized spacial score (nSPS) is 18.1. The lowest BCUT2D eigenvalue weighted by molar-refractivity contribution is -0.117. The first kappa shape index (κ1) is 21.4. The van der Waals surface area contributed by atoms with Crippen LogP contribution in [0.4, 0.5) is 5.69 Å². The molecule has 2 fully saturated rings. The predicted octanol–water partition coefficient (Wildman–Crippen LogP) is 3.69. The minimum absolute atomic E-state index is 0.0792. The number of rotatable bonds is 7. The largest absolute Gasteiger partial charge is 0.494 e. The van der Waals surface area contributed by atoms with Gasteiger partial charge in [-0.25, -0.2) is 0 Å². The third-order valence-corrected chi connectivity index (χ3v) is 6.33. The Kier molecular flexibility index (Phi) is 6.56. The van der Waals surface area contributed by atoms with Crippen LogP contribution in [-0.2, 0) is 14.9 Å². The van der Waals surface area contributed by atoms with Gasteiger partial charge in [-0.3, -0.25) is 9.59 Å². The number of nitrogens with zero attached hydrogens (tertiary/aromatic N) is 1. The van der Waals surface area contributed by atoms with Gasteiger partial charge in [-0.1, -0.05) is 24.3 Å². The lowest BCUT2D eigenvalue weighted by atomic mass is 9.74. The highest BCUT2D eigenvalue weighted by Crippen LogP contribution is 2.35. The Morgan fingerprint density at radius 3 is 2.55 bits per heavy atom. The van der Waals surface area contributed by atoms with Gasteiger partial charge in [0.2, 0.25) is 5.91 Å². The van der Waals surface area contributed by atoms with Gasteiger partial charge in [-0.2, -0.15) is 0 Å². The van der Waals surface area contributed by atoms with E-state index in [1.165, 1.54) is 5.56 Å². The second-order valence-corrected chi connectivity index (χ2v) is 8.20. The van der Waals surface area contributed by atoms with Crippen LogP contribution in [0.5, 0.6) is 5.75 Å². The molecule has 6 nitrogen and oxygen atoms in total. The Bertz CT molecular complexity index is 919. The van der Waals surface area contributed by atoms with Crippen LogP contribution in [0.15, 0.2) is 48.5 Å². The third-order valence-electron chi connectivity index (χ3n) is 6.33. The molecule has 164 valence electrons. The highest BCUT2D eigenvalue weighted by molar-refractivity contribution is 6.05. The van der Waals surface area contributed by atoms with Crippen molar-refractivity contribution in [3.05, 3.63) is 59.7 Å². The van der Waals surface area contributed by atoms with Crippen LogP contribution >= 0.6 is 0 Å². The Morgan fingerprint density at radius 2 is 1.87 bits per heavy atom. The van der Waals surface area contributed by atoms with Crippen molar-refractivity contribution in [2.75, 3.05) is 37.8 Å². The quantitative estimate of drug-likeness (QED) is 0.739. The van der Waals surface area contributed by atoms with Gasteiger partial charge in [-0.15, -0.1) is 0 Å². The highest BCUT2D eigenvalue weighted by atomic mass is 16.5. The molecule has 6 heteroatoms. The summed E-state index contributed by atoms with van der Waals surface area (Å²) in [7, 11) is 0. The maximum absolute atomic E-state index is 13.2. The standard InChI is InChI=1S/C25H30N2O4/c1-2-31-20-11-9-19(10-12-20)25(13-16-30-17-14-25)18-26-24(29)21-6-3-4-7-22(21)27-15-5-8-23(27)28/h3-4,6-7,9-12H,2,5,8,13-18H2,1H3,(H,26,29). The molecule has 0 aliphatic carbocycles. The van der Waals surface area contributed by atoms with Gasteiger partial charge in [0.15, 0.2) is 0 Å². The van der Waals surface area contributed by atoms with Crippen molar-refractivity contribution in [1.82, 2.24) is 5.32 Å². The van der Waals surface area contributed by atoms with E-state index in [0.29, 0.717) is 50.6 Å². The molecule has 2 aromatic rings. The van der Waals surface area contributed by atoms with Crippen molar-refractivity contribution in [2.45, 2.75) is 38.0 Å². The molecule has 2 aliphatic rings. The maximum atomic E-state index is 13.2. The molecule has 0 radical (unpaired) electrons. The van der Waals surface area contributed by atoms with Gasteiger partial charge in [0.25, 0.3) is 5.91 Å². The van der Waals surface area contributed by atoms with E-state index in [4.69, 9.17) is 9.47 Å². The Balaban J connectivity index is 1.53. The number of hydrogen-bond donors (Lipinski definition) is 1. The summed E-state index contributed by atoms with van der Waals surface area (Å²) in [5.41, 5.74) is 2.25. The second-order valence-electron chi connectivity index (χ2n) is 8.20. The Hall–Kier alpha value is -2.86. The van der Waals surface area contributed by atoms with E-state index < -0.39 is 0 Å². The molecule has 0 unspecified atom stereocenters. The summed E-state index contributed by atoms with van der Waals surface area (Å²) in [6.07, 6.45) is 3.05. The number of benzene rings is 2. The Labute approximate surface area is 183 Å². The lowest BCUT2D eigenvalue weighted by Crippen LogP contribution is -2.44. The number of amides is 2. The molecule has 0 atom stereocenters. The fraction of sp³-hybridized carbons (Fsp3) is 0.440. The van der Waals surface area contributed by atoms with Gasteiger partial charge in [-0.05, 0) is 56.0 Å². The van der Waals surface area contributed by atoms with Crippen molar-refractivity contribution in [3.63, 3.8) is 0 Å². The average Bonchev–Trinajstić information content (AvgIpc) is 3.24. The van der Waals surface area contributed by atoms with E-state index in [-0.39, 0.29) is 17.2 Å². The average molecular weight is 423 g/mol. The molecule has 4 rings (SSSR count). The molecule has 0 aromatic heterocycles. The first-order chi connectivity index (χ1) is 15.1. The number of para-hydroxylation sites is 1. The number of hydrogen-bond acceptors (Lipinski definition) is 4. The fourth-order valence-corrected chi connectivity index (χ4v) is 4.55. The first-order valence-corrected chi connectivity index (χ1v) is 11.1. The van der Waals surface area contributed by atoms with E-state index in [0.717, 1.165) is 25.0 Å². The van der Waals surface area contributed by atoms with Crippen LogP contribution < -0.4 is 15.0 Å². The van der Waals surface area contributed by atoms with Crippen LogP contribution in [0.25, 0.3) is 0 Å². The topological polar surface area (TPSA) is 67.9 Å². The molecule has 2 amide bonds. The van der Waals surface area contributed by atoms with E-state index >= 15 is 0 Å². The van der Waals surface area contributed by atoms with Gasteiger partial charge in [0.1, 0.15) is 5.75 Å². The van der Waals surface area contributed by atoms with Crippen LogP contribution in [0.1, 0.15) is 48.5 Å². The van der Waals surface area contributed by atoms with Crippen molar-refractivity contribution in [1.29, 1.82) is 0 Å². The van der Waals surface area contributed by atoms with E-state index in [9.17, 15) is 9.59 Å². The number of ether oxygens (including phenoxy) is 2. The molecular weight excluding hydrogens is 392 g/mol. The van der Waals surface area contributed by atoms with Crippen molar-refractivity contribution < 1.29 is 19.1 Å². The maximum Gasteiger partial charge on any atom is 0.253 e. The van der Waals surface area contributed by atoms with Gasteiger partial charge in [0, 0.05) is 38.1 Å². The van der Waals surface area contributed by atoms with Crippen LogP contribution in [0.3, 0.4) is 0 Å². The molecule has 31 heavy (non-hydrogen) atoms. The summed E-state index contributed by atoms with van der Waals surface area (Å²) in [5, 5.41) is 3.16. The third kappa shape index (κ3) is 4.59. The monoisotopic (exact) mass is 422 g/mol. The summed E-state index contributed by atoms with van der Waals surface area (Å²) in [6.45, 7) is 5.12. The first-order valence-electron chi connectivity index (χ1n) is 11.1. The SMILES string of the molecule is CCOc1ccc(C2(CNC(=O)c3ccccc3N3CCCC3=O)CCOCC2)cc1. The highest BCUT2D eigenvalue weighted by Gasteiger charge is 2.35. The van der Waals surface area contributed by atoms with Crippen molar-refractivity contribution >= 4 is 17.5 Å². The summed E-state index contributed by atoms with van der Waals surface area (Å²) in [4.78, 5) is 27.1. The minimum atomic E-state index is -0.183. The molecule has 0 saturated carbocycles. The summed E-state index contributed by atoms with van der Waals surface area (Å²) < 4.78 is 11.2. The predicted molar refractivity (Wildman–Crippen MR) is 120 cm³/mol. The molecule has 2 saturated heterocycles. The molecule has 2 aromatic carbocycles. The summed E-state index contributed by atoms with van der Waals surface area (Å²) in [5.74, 6) is 0.782. The molecule has 0 spiro atoms.